The molecule has 0 saturated carbocycles. The molecule has 0 aliphatic heterocycles. The fourth-order valence-electron chi connectivity index (χ4n) is 2.64. The van der Waals surface area contributed by atoms with Crippen LogP contribution >= 0.6 is 11.6 Å². The zero-order valence-electron chi connectivity index (χ0n) is 13.1. The van der Waals surface area contributed by atoms with Crippen LogP contribution in [0.1, 0.15) is 17.3 Å². The molecule has 1 heterocycles. The molecule has 0 saturated heterocycles. The highest BCUT2D eigenvalue weighted by Gasteiger charge is 2.21. The Kier molecular flexibility index (Phi) is 4.85. The summed E-state index contributed by atoms with van der Waals surface area (Å²) < 4.78 is 27.7. The summed E-state index contributed by atoms with van der Waals surface area (Å²) in [6.45, 7) is -0.199. The van der Waals surface area contributed by atoms with E-state index in [0.29, 0.717) is 5.56 Å². The predicted molar refractivity (Wildman–Crippen MR) is 91.6 cm³/mol. The fourth-order valence-corrected chi connectivity index (χ4v) is 2.88. The van der Waals surface area contributed by atoms with E-state index in [-0.39, 0.29) is 28.3 Å². The molecule has 3 N–H and O–H groups in total. The topological polar surface area (TPSA) is 95.1 Å². The van der Waals surface area contributed by atoms with Gasteiger partial charge in [-0.1, -0.05) is 23.7 Å². The molecule has 3 rings (SSSR count). The molecule has 0 fully saturated rings. The summed E-state index contributed by atoms with van der Waals surface area (Å²) in [6, 6.07) is 7.72. The van der Waals surface area contributed by atoms with Crippen LogP contribution in [-0.2, 0) is 0 Å². The van der Waals surface area contributed by atoms with Crippen molar-refractivity contribution in [2.75, 3.05) is 6.54 Å². The maximum Gasteiger partial charge on any atom is 0.404 e. The minimum Gasteiger partial charge on any atom is -0.465 e. The van der Waals surface area contributed by atoms with Crippen molar-refractivity contribution in [2.24, 2.45) is 0 Å². The fraction of sp³-hybridized carbons (Fsp3) is 0.118. The third kappa shape index (κ3) is 3.50. The maximum atomic E-state index is 14.1. The van der Waals surface area contributed by atoms with Gasteiger partial charge in [0.25, 0.3) is 5.56 Å². The standard InChI is InChI=1S/C17H12ClF2N3O3/c18-11-4-5-12(20)14-13(11)16(24)23-15(22-14)10(7-21-17(25)26)8-2-1-3-9(19)6-8/h1-6,10,21H,7H2,(H,25,26)(H,22,23,24). The van der Waals surface area contributed by atoms with E-state index >= 15 is 0 Å². The Morgan fingerprint density at radius 1 is 1.31 bits per heavy atom. The summed E-state index contributed by atoms with van der Waals surface area (Å²) in [5, 5.41) is 11.0. The number of hydrogen-bond donors (Lipinski definition) is 3. The average molecular weight is 380 g/mol. The molecule has 3 aromatic rings. The first kappa shape index (κ1) is 17.8. The molecule has 2 aromatic carbocycles. The molecular weight excluding hydrogens is 368 g/mol. The Labute approximate surface area is 150 Å². The van der Waals surface area contributed by atoms with E-state index < -0.39 is 29.2 Å². The number of H-pyrrole nitrogens is 1. The number of carboxylic acid groups (broad SMARTS) is 1. The van der Waals surface area contributed by atoms with E-state index in [1.54, 1.807) is 6.07 Å². The van der Waals surface area contributed by atoms with Crippen molar-refractivity contribution in [3.8, 4) is 0 Å². The van der Waals surface area contributed by atoms with Gasteiger partial charge in [0.05, 0.1) is 16.3 Å². The van der Waals surface area contributed by atoms with Crippen LogP contribution in [-0.4, -0.2) is 27.7 Å². The minimum atomic E-state index is -1.30. The summed E-state index contributed by atoms with van der Waals surface area (Å²) in [6.07, 6.45) is -1.30. The molecule has 0 aliphatic rings. The third-order valence-corrected chi connectivity index (χ3v) is 4.13. The monoisotopic (exact) mass is 379 g/mol. The lowest BCUT2D eigenvalue weighted by Gasteiger charge is -2.17. The third-order valence-electron chi connectivity index (χ3n) is 3.82. The zero-order valence-corrected chi connectivity index (χ0v) is 13.8. The molecule has 26 heavy (non-hydrogen) atoms. The van der Waals surface area contributed by atoms with Gasteiger partial charge in [-0.2, -0.15) is 0 Å². The van der Waals surface area contributed by atoms with Crippen molar-refractivity contribution < 1.29 is 18.7 Å². The van der Waals surface area contributed by atoms with Gasteiger partial charge in [0, 0.05) is 6.54 Å². The number of carbonyl (C=O) groups is 1. The van der Waals surface area contributed by atoms with Crippen LogP contribution in [0.15, 0.2) is 41.2 Å². The summed E-state index contributed by atoms with van der Waals surface area (Å²) in [5.74, 6) is -2.14. The Morgan fingerprint density at radius 3 is 2.77 bits per heavy atom. The van der Waals surface area contributed by atoms with E-state index in [0.717, 1.165) is 6.07 Å². The second-order valence-electron chi connectivity index (χ2n) is 5.50. The first-order valence-electron chi connectivity index (χ1n) is 7.47. The Morgan fingerprint density at radius 2 is 2.08 bits per heavy atom. The molecule has 0 bridgehead atoms. The van der Waals surface area contributed by atoms with Gasteiger partial charge in [-0.15, -0.1) is 0 Å². The Balaban J connectivity index is 2.19. The molecule has 0 radical (unpaired) electrons. The molecule has 1 aromatic heterocycles. The number of rotatable bonds is 4. The van der Waals surface area contributed by atoms with Crippen molar-refractivity contribution in [2.45, 2.75) is 5.92 Å². The van der Waals surface area contributed by atoms with Crippen molar-refractivity contribution >= 4 is 28.6 Å². The number of nitrogens with zero attached hydrogens (tertiary/aromatic N) is 1. The van der Waals surface area contributed by atoms with Gasteiger partial charge < -0.3 is 15.4 Å². The van der Waals surface area contributed by atoms with E-state index in [1.165, 1.54) is 24.3 Å². The molecule has 134 valence electrons. The highest BCUT2D eigenvalue weighted by molar-refractivity contribution is 6.35. The second-order valence-corrected chi connectivity index (χ2v) is 5.90. The van der Waals surface area contributed by atoms with E-state index in [4.69, 9.17) is 16.7 Å². The van der Waals surface area contributed by atoms with Crippen LogP contribution in [0.25, 0.3) is 10.9 Å². The van der Waals surface area contributed by atoms with Crippen molar-refractivity contribution in [1.82, 2.24) is 15.3 Å². The predicted octanol–water partition coefficient (Wildman–Crippen LogP) is 3.25. The van der Waals surface area contributed by atoms with Crippen LogP contribution in [0, 0.1) is 11.6 Å². The summed E-state index contributed by atoms with van der Waals surface area (Å²) in [4.78, 5) is 29.8. The van der Waals surface area contributed by atoms with Crippen LogP contribution in [0.3, 0.4) is 0 Å². The molecule has 0 aliphatic carbocycles. The van der Waals surface area contributed by atoms with Crippen LogP contribution < -0.4 is 10.9 Å². The van der Waals surface area contributed by atoms with E-state index in [2.05, 4.69) is 15.3 Å². The van der Waals surface area contributed by atoms with Gasteiger partial charge in [0.1, 0.15) is 23.0 Å². The number of aromatic amines is 1. The number of fused-ring (bicyclic) bond motifs is 1. The lowest BCUT2D eigenvalue weighted by molar-refractivity contribution is 0.194. The normalized spacial score (nSPS) is 12.1. The van der Waals surface area contributed by atoms with Gasteiger partial charge in [0.15, 0.2) is 0 Å². The average Bonchev–Trinajstić information content (AvgIpc) is 2.58. The number of amides is 1. The zero-order chi connectivity index (χ0) is 18.8. The molecular formula is C17H12ClF2N3O3. The van der Waals surface area contributed by atoms with Crippen LogP contribution in [0.2, 0.25) is 5.02 Å². The molecule has 1 unspecified atom stereocenters. The van der Waals surface area contributed by atoms with Gasteiger partial charge in [-0.05, 0) is 29.8 Å². The number of aromatic nitrogens is 2. The first-order chi connectivity index (χ1) is 12.4. The van der Waals surface area contributed by atoms with Gasteiger partial charge >= 0.3 is 6.09 Å². The molecule has 1 amide bonds. The highest BCUT2D eigenvalue weighted by Crippen LogP contribution is 2.25. The smallest absolute Gasteiger partial charge is 0.404 e. The summed E-state index contributed by atoms with van der Waals surface area (Å²) in [5.41, 5.74) is -0.553. The molecule has 6 nitrogen and oxygen atoms in total. The SMILES string of the molecule is O=C(O)NCC(c1cccc(F)c1)c1nc2c(F)ccc(Cl)c2c(=O)[nH]1. The van der Waals surface area contributed by atoms with Crippen LogP contribution in [0.5, 0.6) is 0 Å². The van der Waals surface area contributed by atoms with Gasteiger partial charge in [-0.25, -0.2) is 18.6 Å². The van der Waals surface area contributed by atoms with Gasteiger partial charge in [0.2, 0.25) is 0 Å². The van der Waals surface area contributed by atoms with Crippen molar-refractivity contribution in [3.63, 3.8) is 0 Å². The number of benzene rings is 2. The molecule has 9 heteroatoms. The van der Waals surface area contributed by atoms with E-state index in [1.807, 2.05) is 0 Å². The Bertz CT molecular complexity index is 1060. The summed E-state index contributed by atoms with van der Waals surface area (Å²) >= 11 is 5.94. The number of hydrogen-bond acceptors (Lipinski definition) is 3. The summed E-state index contributed by atoms with van der Waals surface area (Å²) in [7, 11) is 0. The highest BCUT2D eigenvalue weighted by atomic mass is 35.5. The largest absolute Gasteiger partial charge is 0.465 e. The first-order valence-corrected chi connectivity index (χ1v) is 7.85. The minimum absolute atomic E-state index is 0.0111. The number of halogens is 3. The van der Waals surface area contributed by atoms with Crippen molar-refractivity contribution in [1.29, 1.82) is 0 Å². The second kappa shape index (κ2) is 7.09. The van der Waals surface area contributed by atoms with Gasteiger partial charge in [-0.3, -0.25) is 4.79 Å². The molecule has 0 spiro atoms. The maximum absolute atomic E-state index is 14.1. The number of nitrogens with one attached hydrogen (secondary N) is 2. The van der Waals surface area contributed by atoms with E-state index in [9.17, 15) is 18.4 Å². The lowest BCUT2D eigenvalue weighted by atomic mass is 9.97. The van der Waals surface area contributed by atoms with Crippen LogP contribution in [0.4, 0.5) is 13.6 Å². The quantitative estimate of drug-likeness (QED) is 0.648. The van der Waals surface area contributed by atoms with Crippen molar-refractivity contribution in [3.05, 3.63) is 74.8 Å². The lowest BCUT2D eigenvalue weighted by Crippen LogP contribution is -2.29. The Hall–Kier alpha value is -3.00. The molecule has 1 atom stereocenters.